The lowest BCUT2D eigenvalue weighted by Crippen LogP contribution is -2.27. The number of methoxy groups -OCH3 is 1. The number of hydrogen-bond donors (Lipinski definition) is 1. The van der Waals surface area contributed by atoms with Crippen LogP contribution in [0, 0.1) is 5.92 Å². The van der Waals surface area contributed by atoms with Crippen molar-refractivity contribution in [1.82, 2.24) is 5.32 Å². The molecule has 2 heteroatoms. The van der Waals surface area contributed by atoms with Gasteiger partial charge in [0.25, 0.3) is 0 Å². The van der Waals surface area contributed by atoms with Crippen LogP contribution in [0.5, 0.6) is 5.75 Å². The highest BCUT2D eigenvalue weighted by molar-refractivity contribution is 5.31. The zero-order chi connectivity index (χ0) is 13.1. The average Bonchev–Trinajstić information content (AvgIpc) is 3.12. The van der Waals surface area contributed by atoms with Crippen LogP contribution in [-0.2, 0) is 0 Å². The van der Waals surface area contributed by atoms with Crippen molar-refractivity contribution < 1.29 is 4.74 Å². The molecule has 1 N–H and O–H groups in total. The maximum absolute atomic E-state index is 5.39. The predicted molar refractivity (Wildman–Crippen MR) is 78.7 cm³/mol. The lowest BCUT2D eigenvalue weighted by Gasteiger charge is -2.25. The van der Waals surface area contributed by atoms with Crippen molar-refractivity contribution in [2.45, 2.75) is 50.5 Å². The molecule has 0 spiro atoms. The summed E-state index contributed by atoms with van der Waals surface area (Å²) in [5, 5.41) is 3.73. The molecule has 0 aromatic heterocycles. The summed E-state index contributed by atoms with van der Waals surface area (Å²) in [7, 11) is 1.76. The van der Waals surface area contributed by atoms with E-state index in [-0.39, 0.29) is 0 Å². The monoisotopic (exact) mass is 259 g/mol. The molecule has 0 bridgehead atoms. The summed E-state index contributed by atoms with van der Waals surface area (Å²) in [5.74, 6) is 2.52. The first-order chi connectivity index (χ1) is 9.36. The molecule has 2 fully saturated rings. The average molecular weight is 259 g/mol. The molecule has 19 heavy (non-hydrogen) atoms. The third-order valence-corrected chi connectivity index (χ3v) is 4.69. The molecule has 0 amide bonds. The molecule has 0 radical (unpaired) electrons. The molecule has 1 aromatic carbocycles. The van der Waals surface area contributed by atoms with Crippen LogP contribution >= 0.6 is 0 Å². The SMILES string of the molecule is COc1cccc(C(CNC2CC2)C2CCCC2)c1. The molecule has 1 unspecified atom stereocenters. The quantitative estimate of drug-likeness (QED) is 0.840. The van der Waals surface area contributed by atoms with Crippen LogP contribution in [0.2, 0.25) is 0 Å². The second-order valence-corrected chi connectivity index (χ2v) is 6.11. The number of hydrogen-bond acceptors (Lipinski definition) is 2. The van der Waals surface area contributed by atoms with Crippen molar-refractivity contribution in [1.29, 1.82) is 0 Å². The van der Waals surface area contributed by atoms with Crippen molar-refractivity contribution in [2.75, 3.05) is 13.7 Å². The topological polar surface area (TPSA) is 21.3 Å². The molecule has 0 saturated heterocycles. The van der Waals surface area contributed by atoms with E-state index in [1.165, 1.54) is 44.1 Å². The molecule has 2 nitrogen and oxygen atoms in total. The zero-order valence-electron chi connectivity index (χ0n) is 11.9. The van der Waals surface area contributed by atoms with Gasteiger partial charge in [0.1, 0.15) is 5.75 Å². The van der Waals surface area contributed by atoms with Crippen LogP contribution in [-0.4, -0.2) is 19.7 Å². The van der Waals surface area contributed by atoms with E-state index in [4.69, 9.17) is 4.74 Å². The third-order valence-electron chi connectivity index (χ3n) is 4.69. The van der Waals surface area contributed by atoms with E-state index < -0.39 is 0 Å². The highest BCUT2D eigenvalue weighted by atomic mass is 16.5. The van der Waals surface area contributed by atoms with Gasteiger partial charge in [-0.05, 0) is 55.2 Å². The number of ether oxygens (including phenoxy) is 1. The Morgan fingerprint density at radius 1 is 1.21 bits per heavy atom. The van der Waals surface area contributed by atoms with Gasteiger partial charge in [0.05, 0.1) is 7.11 Å². The third kappa shape index (κ3) is 3.30. The summed E-state index contributed by atoms with van der Waals surface area (Å²) in [6.07, 6.45) is 8.36. The van der Waals surface area contributed by atoms with Gasteiger partial charge < -0.3 is 10.1 Å². The normalized spacial score (nSPS) is 21.5. The van der Waals surface area contributed by atoms with Crippen molar-refractivity contribution in [3.63, 3.8) is 0 Å². The second-order valence-electron chi connectivity index (χ2n) is 6.11. The molecule has 104 valence electrons. The van der Waals surface area contributed by atoms with Gasteiger partial charge in [-0.15, -0.1) is 0 Å². The molecular weight excluding hydrogens is 234 g/mol. The largest absolute Gasteiger partial charge is 0.497 e. The van der Waals surface area contributed by atoms with Crippen LogP contribution in [0.25, 0.3) is 0 Å². The molecule has 1 atom stereocenters. The fourth-order valence-corrected chi connectivity index (χ4v) is 3.37. The summed E-state index contributed by atoms with van der Waals surface area (Å²) in [6.45, 7) is 1.14. The summed E-state index contributed by atoms with van der Waals surface area (Å²) in [5.41, 5.74) is 1.46. The Morgan fingerprint density at radius 3 is 2.68 bits per heavy atom. The lowest BCUT2D eigenvalue weighted by molar-refractivity contribution is 0.399. The highest BCUT2D eigenvalue weighted by Gasteiger charge is 2.29. The van der Waals surface area contributed by atoms with Crippen molar-refractivity contribution in [3.05, 3.63) is 29.8 Å². The highest BCUT2D eigenvalue weighted by Crippen LogP contribution is 2.38. The Kier molecular flexibility index (Phi) is 4.07. The van der Waals surface area contributed by atoms with Crippen molar-refractivity contribution in [2.24, 2.45) is 5.92 Å². The Hall–Kier alpha value is -1.02. The van der Waals surface area contributed by atoms with E-state index in [0.29, 0.717) is 5.92 Å². The Morgan fingerprint density at radius 2 is 2.00 bits per heavy atom. The molecule has 1 aromatic rings. The van der Waals surface area contributed by atoms with Gasteiger partial charge in [-0.25, -0.2) is 0 Å². The zero-order valence-corrected chi connectivity index (χ0v) is 11.9. The van der Waals surface area contributed by atoms with E-state index in [9.17, 15) is 0 Å². The first-order valence-electron chi connectivity index (χ1n) is 7.74. The van der Waals surface area contributed by atoms with Crippen molar-refractivity contribution >= 4 is 0 Å². The molecule has 0 aliphatic heterocycles. The Labute approximate surface area is 116 Å². The molecule has 2 aliphatic rings. The molecule has 3 rings (SSSR count). The van der Waals surface area contributed by atoms with E-state index >= 15 is 0 Å². The fraction of sp³-hybridized carbons (Fsp3) is 0.647. The fourth-order valence-electron chi connectivity index (χ4n) is 3.37. The minimum atomic E-state index is 0.665. The molecular formula is C17H25NO. The molecule has 2 saturated carbocycles. The Bertz CT molecular complexity index is 407. The van der Waals surface area contributed by atoms with E-state index in [0.717, 1.165) is 24.3 Å². The minimum absolute atomic E-state index is 0.665. The summed E-state index contributed by atoms with van der Waals surface area (Å²) in [6, 6.07) is 9.49. The first-order valence-corrected chi connectivity index (χ1v) is 7.74. The van der Waals surface area contributed by atoms with Crippen molar-refractivity contribution in [3.8, 4) is 5.75 Å². The van der Waals surface area contributed by atoms with Gasteiger partial charge in [-0.3, -0.25) is 0 Å². The van der Waals surface area contributed by atoms with Gasteiger partial charge in [0.15, 0.2) is 0 Å². The maximum Gasteiger partial charge on any atom is 0.119 e. The molecule has 0 heterocycles. The summed E-state index contributed by atoms with van der Waals surface area (Å²) < 4.78 is 5.39. The van der Waals surface area contributed by atoms with Gasteiger partial charge in [0, 0.05) is 12.6 Å². The van der Waals surface area contributed by atoms with Crippen LogP contribution in [0.4, 0.5) is 0 Å². The second kappa shape index (κ2) is 5.96. The number of benzene rings is 1. The standard InChI is InChI=1S/C17H25NO/c1-19-16-8-4-7-14(11-16)17(12-18-15-9-10-15)13-5-2-3-6-13/h4,7-8,11,13,15,17-18H,2-3,5-6,9-10,12H2,1H3. The first kappa shape index (κ1) is 13.0. The predicted octanol–water partition coefficient (Wildman–Crippen LogP) is 3.72. The van der Waals surface area contributed by atoms with Gasteiger partial charge in [-0.2, -0.15) is 0 Å². The smallest absolute Gasteiger partial charge is 0.119 e. The molecule has 2 aliphatic carbocycles. The lowest BCUT2D eigenvalue weighted by atomic mass is 9.84. The number of nitrogens with one attached hydrogen (secondary N) is 1. The van der Waals surface area contributed by atoms with Gasteiger partial charge in [-0.1, -0.05) is 25.0 Å². The van der Waals surface area contributed by atoms with Crippen LogP contribution in [0.3, 0.4) is 0 Å². The number of rotatable bonds is 6. The van der Waals surface area contributed by atoms with Crippen LogP contribution < -0.4 is 10.1 Å². The van der Waals surface area contributed by atoms with E-state index in [1.807, 2.05) is 6.07 Å². The van der Waals surface area contributed by atoms with Crippen LogP contribution in [0.1, 0.15) is 50.0 Å². The maximum atomic E-state index is 5.39. The summed E-state index contributed by atoms with van der Waals surface area (Å²) >= 11 is 0. The Balaban J connectivity index is 1.74. The van der Waals surface area contributed by atoms with Gasteiger partial charge in [0.2, 0.25) is 0 Å². The van der Waals surface area contributed by atoms with Crippen LogP contribution in [0.15, 0.2) is 24.3 Å². The van der Waals surface area contributed by atoms with Gasteiger partial charge >= 0.3 is 0 Å². The summed E-state index contributed by atoms with van der Waals surface area (Å²) in [4.78, 5) is 0. The van der Waals surface area contributed by atoms with E-state index in [1.54, 1.807) is 7.11 Å². The van der Waals surface area contributed by atoms with E-state index in [2.05, 4.69) is 23.5 Å². The minimum Gasteiger partial charge on any atom is -0.497 e.